The van der Waals surface area contributed by atoms with E-state index in [0.717, 1.165) is 6.42 Å². The number of carbonyl (C=O) groups is 1. The Morgan fingerprint density at radius 3 is 2.83 bits per heavy atom. The predicted octanol–water partition coefficient (Wildman–Crippen LogP) is 4.84. The molecule has 8 heteroatoms. The molecule has 3 rings (SSSR count). The van der Waals surface area contributed by atoms with Crippen LogP contribution in [0.1, 0.15) is 29.3 Å². The van der Waals surface area contributed by atoms with Crippen LogP contribution in [0.4, 0.5) is 10.1 Å². The van der Waals surface area contributed by atoms with Crippen molar-refractivity contribution in [2.45, 2.75) is 13.3 Å². The maximum atomic E-state index is 14.5. The fourth-order valence-electron chi connectivity index (χ4n) is 2.68. The van der Waals surface area contributed by atoms with Crippen LogP contribution in [0, 0.1) is 9.52 Å². The molecule has 0 aliphatic heterocycles. The SMILES string of the molecule is CCCO/N=C/c1ccc(-c2ccccc2NC(=O)c2cn(C)nc2I)cc1F. The highest BCUT2D eigenvalue weighted by Crippen LogP contribution is 2.29. The molecule has 150 valence electrons. The summed E-state index contributed by atoms with van der Waals surface area (Å²) in [7, 11) is 1.76. The molecular formula is C21H20FIN4O2. The third kappa shape index (κ3) is 5.20. The molecular weight excluding hydrogens is 486 g/mol. The van der Waals surface area contributed by atoms with E-state index in [2.05, 4.69) is 15.6 Å². The van der Waals surface area contributed by atoms with Crippen molar-refractivity contribution in [1.82, 2.24) is 9.78 Å². The van der Waals surface area contributed by atoms with Crippen LogP contribution in [0.15, 0.2) is 53.8 Å². The Bertz CT molecular complexity index is 1050. The Labute approximate surface area is 181 Å². The molecule has 0 radical (unpaired) electrons. The van der Waals surface area contributed by atoms with Crippen molar-refractivity contribution >= 4 is 40.4 Å². The Morgan fingerprint density at radius 2 is 2.14 bits per heavy atom. The number of para-hydroxylation sites is 1. The fraction of sp³-hybridized carbons (Fsp3) is 0.190. The number of nitrogens with one attached hydrogen (secondary N) is 1. The lowest BCUT2D eigenvalue weighted by Crippen LogP contribution is -2.13. The third-order valence-corrected chi connectivity index (χ3v) is 4.87. The van der Waals surface area contributed by atoms with Crippen LogP contribution < -0.4 is 5.32 Å². The quantitative estimate of drug-likeness (QED) is 0.216. The lowest BCUT2D eigenvalue weighted by molar-refractivity contribution is 0.102. The normalized spacial score (nSPS) is 11.0. The summed E-state index contributed by atoms with van der Waals surface area (Å²) in [6.07, 6.45) is 3.85. The van der Waals surface area contributed by atoms with E-state index < -0.39 is 5.82 Å². The lowest BCUT2D eigenvalue weighted by atomic mass is 10.0. The number of rotatable bonds is 7. The summed E-state index contributed by atoms with van der Waals surface area (Å²) >= 11 is 2.02. The smallest absolute Gasteiger partial charge is 0.259 e. The molecule has 0 aliphatic rings. The topological polar surface area (TPSA) is 68.5 Å². The number of anilines is 1. The van der Waals surface area contributed by atoms with Crippen LogP contribution in [-0.4, -0.2) is 28.5 Å². The Balaban J connectivity index is 1.85. The van der Waals surface area contributed by atoms with Crippen molar-refractivity contribution in [3.8, 4) is 11.1 Å². The number of hydrogen-bond donors (Lipinski definition) is 1. The molecule has 0 fully saturated rings. The minimum atomic E-state index is -0.422. The highest BCUT2D eigenvalue weighted by molar-refractivity contribution is 14.1. The van der Waals surface area contributed by atoms with Crippen molar-refractivity contribution in [3.63, 3.8) is 0 Å². The van der Waals surface area contributed by atoms with E-state index in [1.54, 1.807) is 36.1 Å². The zero-order valence-electron chi connectivity index (χ0n) is 16.0. The van der Waals surface area contributed by atoms with E-state index >= 15 is 0 Å². The third-order valence-electron chi connectivity index (χ3n) is 4.08. The predicted molar refractivity (Wildman–Crippen MR) is 120 cm³/mol. The molecule has 0 unspecified atom stereocenters. The number of aryl methyl sites for hydroxylation is 1. The van der Waals surface area contributed by atoms with Crippen molar-refractivity contribution in [2.24, 2.45) is 12.2 Å². The van der Waals surface area contributed by atoms with Gasteiger partial charge in [0.05, 0.1) is 11.8 Å². The van der Waals surface area contributed by atoms with Crippen molar-refractivity contribution in [3.05, 3.63) is 69.3 Å². The molecule has 6 nitrogen and oxygen atoms in total. The summed E-state index contributed by atoms with van der Waals surface area (Å²) in [4.78, 5) is 17.7. The van der Waals surface area contributed by atoms with Gasteiger partial charge in [0.1, 0.15) is 16.1 Å². The van der Waals surface area contributed by atoms with Gasteiger partial charge in [-0.15, -0.1) is 0 Å². The molecule has 1 heterocycles. The van der Waals surface area contributed by atoms with Crippen LogP contribution in [-0.2, 0) is 11.9 Å². The summed E-state index contributed by atoms with van der Waals surface area (Å²) < 4.78 is 16.7. The molecule has 0 spiro atoms. The van der Waals surface area contributed by atoms with Crippen LogP contribution >= 0.6 is 22.6 Å². The molecule has 0 saturated carbocycles. The number of benzene rings is 2. The van der Waals surface area contributed by atoms with Crippen LogP contribution in [0.2, 0.25) is 0 Å². The monoisotopic (exact) mass is 506 g/mol. The first kappa shape index (κ1) is 21.0. The van der Waals surface area contributed by atoms with Crippen molar-refractivity contribution in [2.75, 3.05) is 11.9 Å². The highest BCUT2D eigenvalue weighted by Gasteiger charge is 2.16. The van der Waals surface area contributed by atoms with Gasteiger partial charge in [-0.05, 0) is 52.8 Å². The second kappa shape index (κ2) is 9.64. The minimum absolute atomic E-state index is 0.271. The molecule has 0 bridgehead atoms. The molecule has 1 aromatic heterocycles. The van der Waals surface area contributed by atoms with Gasteiger partial charge < -0.3 is 10.2 Å². The summed E-state index contributed by atoms with van der Waals surface area (Å²) in [6, 6.07) is 12.1. The van der Waals surface area contributed by atoms with Gasteiger partial charge in [-0.2, -0.15) is 5.10 Å². The van der Waals surface area contributed by atoms with E-state index in [1.807, 2.05) is 47.7 Å². The highest BCUT2D eigenvalue weighted by atomic mass is 127. The van der Waals surface area contributed by atoms with E-state index in [4.69, 9.17) is 4.84 Å². The van der Waals surface area contributed by atoms with E-state index in [-0.39, 0.29) is 5.91 Å². The number of carbonyl (C=O) groups excluding carboxylic acids is 1. The molecule has 0 aliphatic carbocycles. The summed E-state index contributed by atoms with van der Waals surface area (Å²) in [5.41, 5.74) is 2.75. The number of oxime groups is 1. The first-order chi connectivity index (χ1) is 14.0. The molecule has 3 aromatic rings. The number of halogens is 2. The molecule has 29 heavy (non-hydrogen) atoms. The number of nitrogens with zero attached hydrogens (tertiary/aromatic N) is 3. The van der Waals surface area contributed by atoms with Crippen molar-refractivity contribution < 1.29 is 14.0 Å². The maximum Gasteiger partial charge on any atom is 0.259 e. The van der Waals surface area contributed by atoms with Gasteiger partial charge in [0.2, 0.25) is 0 Å². The molecule has 1 amide bonds. The molecule has 1 N–H and O–H groups in total. The average Bonchev–Trinajstić information content (AvgIpc) is 3.05. The Hall–Kier alpha value is -2.75. The van der Waals surface area contributed by atoms with Gasteiger partial charge in [0.15, 0.2) is 0 Å². The van der Waals surface area contributed by atoms with Gasteiger partial charge in [0.25, 0.3) is 5.91 Å². The van der Waals surface area contributed by atoms with Crippen LogP contribution in [0.25, 0.3) is 11.1 Å². The second-order valence-corrected chi connectivity index (χ2v) is 7.33. The first-order valence-electron chi connectivity index (χ1n) is 9.04. The van der Waals surface area contributed by atoms with E-state index in [1.165, 1.54) is 12.3 Å². The van der Waals surface area contributed by atoms with E-state index in [0.29, 0.717) is 38.2 Å². The van der Waals surface area contributed by atoms with Crippen molar-refractivity contribution in [1.29, 1.82) is 0 Å². The van der Waals surface area contributed by atoms with Gasteiger partial charge in [0, 0.05) is 30.1 Å². The van der Waals surface area contributed by atoms with E-state index in [9.17, 15) is 9.18 Å². The molecule has 2 aromatic carbocycles. The fourth-order valence-corrected chi connectivity index (χ4v) is 3.41. The zero-order chi connectivity index (χ0) is 20.8. The van der Waals surface area contributed by atoms with Gasteiger partial charge >= 0.3 is 0 Å². The average molecular weight is 506 g/mol. The van der Waals surface area contributed by atoms with Gasteiger partial charge in [-0.1, -0.05) is 36.3 Å². The standard InChI is InChI=1S/C21H20FIN4O2/c1-3-10-29-24-12-15-9-8-14(11-18(15)22)16-6-4-5-7-19(16)25-21(28)17-13-27(2)26-20(17)23/h4-9,11-13H,3,10H2,1-2H3,(H,25,28)/b24-12+. The maximum absolute atomic E-state index is 14.5. The molecule has 0 saturated heterocycles. The number of hydrogen-bond acceptors (Lipinski definition) is 4. The lowest BCUT2D eigenvalue weighted by Gasteiger charge is -2.11. The Morgan fingerprint density at radius 1 is 1.34 bits per heavy atom. The zero-order valence-corrected chi connectivity index (χ0v) is 18.2. The first-order valence-corrected chi connectivity index (χ1v) is 10.1. The summed E-state index contributed by atoms with van der Waals surface area (Å²) in [6.45, 7) is 2.45. The number of amides is 1. The van der Waals surface area contributed by atoms with Crippen LogP contribution in [0.5, 0.6) is 0 Å². The Kier molecular flexibility index (Phi) is 6.97. The number of aromatic nitrogens is 2. The minimum Gasteiger partial charge on any atom is -0.396 e. The largest absolute Gasteiger partial charge is 0.396 e. The second-order valence-electron chi connectivity index (χ2n) is 6.31. The van der Waals surface area contributed by atoms with Gasteiger partial charge in [-0.25, -0.2) is 4.39 Å². The van der Waals surface area contributed by atoms with Crippen LogP contribution in [0.3, 0.4) is 0 Å². The molecule has 0 atom stereocenters. The van der Waals surface area contributed by atoms with Gasteiger partial charge in [-0.3, -0.25) is 9.48 Å². The summed E-state index contributed by atoms with van der Waals surface area (Å²) in [5, 5.41) is 10.8. The summed E-state index contributed by atoms with van der Waals surface area (Å²) in [5.74, 6) is -0.693.